The van der Waals surface area contributed by atoms with E-state index >= 15 is 0 Å². The highest BCUT2D eigenvalue weighted by Gasteiger charge is 2.03. The van der Waals surface area contributed by atoms with Crippen molar-refractivity contribution in [2.24, 2.45) is 4.99 Å². The van der Waals surface area contributed by atoms with Crippen LogP contribution in [0.15, 0.2) is 4.99 Å². The lowest BCUT2D eigenvalue weighted by Crippen LogP contribution is -2.09. The van der Waals surface area contributed by atoms with Gasteiger partial charge < -0.3 is 0 Å². The Bertz CT molecular complexity index is 97.8. The molecule has 10 heavy (non-hydrogen) atoms. The van der Waals surface area contributed by atoms with Crippen LogP contribution in [-0.4, -0.2) is 11.8 Å². The Morgan fingerprint density at radius 2 is 1.90 bits per heavy atom. The van der Waals surface area contributed by atoms with E-state index in [-0.39, 0.29) is 5.54 Å². The molecule has 0 saturated heterocycles. The molecule has 0 aromatic heterocycles. The summed E-state index contributed by atoms with van der Waals surface area (Å²) in [5.41, 5.74) is 0.119. The molecule has 0 spiro atoms. The van der Waals surface area contributed by atoms with Crippen LogP contribution in [0.2, 0.25) is 0 Å². The topological polar surface area (TPSA) is 12.4 Å². The van der Waals surface area contributed by atoms with Gasteiger partial charge in [0.05, 0.1) is 5.54 Å². The average molecular weight is 141 g/mol. The Morgan fingerprint density at radius 3 is 2.30 bits per heavy atom. The van der Waals surface area contributed by atoms with E-state index in [2.05, 4.69) is 32.7 Å². The molecule has 0 atom stereocenters. The van der Waals surface area contributed by atoms with Crippen molar-refractivity contribution in [1.29, 1.82) is 0 Å². The number of aliphatic imine (C=N–C) groups is 1. The van der Waals surface area contributed by atoms with Gasteiger partial charge in [0.15, 0.2) is 0 Å². The molecule has 0 saturated carbocycles. The van der Waals surface area contributed by atoms with Crippen molar-refractivity contribution in [3.05, 3.63) is 0 Å². The summed E-state index contributed by atoms with van der Waals surface area (Å²) in [6.45, 7) is 8.56. The molecule has 0 rings (SSSR count). The van der Waals surface area contributed by atoms with E-state index < -0.39 is 0 Å². The van der Waals surface area contributed by atoms with Gasteiger partial charge in [0.25, 0.3) is 0 Å². The number of hydrogen-bond donors (Lipinski definition) is 0. The molecular weight excluding hydrogens is 122 g/mol. The third-order valence-electron chi connectivity index (χ3n) is 1.17. The van der Waals surface area contributed by atoms with Crippen LogP contribution in [0.1, 0.15) is 47.0 Å². The average Bonchev–Trinajstić information content (AvgIpc) is 1.78. The van der Waals surface area contributed by atoms with Crippen molar-refractivity contribution in [2.75, 3.05) is 0 Å². The molecule has 0 bridgehead atoms. The van der Waals surface area contributed by atoms with Crippen LogP contribution in [-0.2, 0) is 0 Å². The molecule has 0 unspecified atom stereocenters. The zero-order valence-electron chi connectivity index (χ0n) is 7.65. The quantitative estimate of drug-likeness (QED) is 0.423. The fourth-order valence-corrected chi connectivity index (χ4v) is 0.634. The Labute approximate surface area is 64.6 Å². The molecule has 0 aliphatic heterocycles. The normalized spacial score (nSPS) is 12.8. The summed E-state index contributed by atoms with van der Waals surface area (Å²) >= 11 is 0. The fraction of sp³-hybridized carbons (Fsp3) is 0.889. The smallest absolute Gasteiger partial charge is 0.0520 e. The molecule has 0 heterocycles. The first-order valence-electron chi connectivity index (χ1n) is 4.10. The summed E-state index contributed by atoms with van der Waals surface area (Å²) in [4.78, 5) is 4.37. The minimum atomic E-state index is 0.119. The molecule has 60 valence electrons. The minimum Gasteiger partial charge on any atom is -0.292 e. The van der Waals surface area contributed by atoms with Crippen molar-refractivity contribution < 1.29 is 0 Å². The molecule has 0 aromatic carbocycles. The Hall–Kier alpha value is -0.330. The molecule has 1 heteroatoms. The summed E-state index contributed by atoms with van der Waals surface area (Å²) in [5.74, 6) is 0. The number of rotatable bonds is 3. The second-order valence-corrected chi connectivity index (χ2v) is 3.62. The van der Waals surface area contributed by atoms with Gasteiger partial charge in [-0.2, -0.15) is 0 Å². The highest BCUT2D eigenvalue weighted by molar-refractivity contribution is 5.57. The van der Waals surface area contributed by atoms with E-state index in [1.165, 1.54) is 12.8 Å². The van der Waals surface area contributed by atoms with Crippen molar-refractivity contribution in [3.63, 3.8) is 0 Å². The largest absolute Gasteiger partial charge is 0.292 e. The monoisotopic (exact) mass is 141 g/mol. The van der Waals surface area contributed by atoms with E-state index in [4.69, 9.17) is 0 Å². The molecule has 0 amide bonds. The maximum atomic E-state index is 4.37. The van der Waals surface area contributed by atoms with Gasteiger partial charge in [-0.3, -0.25) is 4.99 Å². The Balaban J connectivity index is 3.37. The summed E-state index contributed by atoms with van der Waals surface area (Å²) in [6, 6.07) is 0. The van der Waals surface area contributed by atoms with Gasteiger partial charge in [0, 0.05) is 0 Å². The molecule has 0 aromatic rings. The first-order chi connectivity index (χ1) is 4.56. The zero-order chi connectivity index (χ0) is 8.04. The summed E-state index contributed by atoms with van der Waals surface area (Å²) in [5, 5.41) is 0. The van der Waals surface area contributed by atoms with Crippen molar-refractivity contribution in [2.45, 2.75) is 52.5 Å². The maximum Gasteiger partial charge on any atom is 0.0520 e. The Kier molecular flexibility index (Phi) is 4.33. The SMILES string of the molecule is CCCCC=NC(C)(C)C. The van der Waals surface area contributed by atoms with E-state index in [0.29, 0.717) is 0 Å². The molecule has 0 aliphatic rings. The maximum absolute atomic E-state index is 4.37. The lowest BCUT2D eigenvalue weighted by atomic mass is 10.1. The van der Waals surface area contributed by atoms with Crippen LogP contribution in [0.4, 0.5) is 0 Å². The second kappa shape index (κ2) is 4.48. The Morgan fingerprint density at radius 1 is 1.30 bits per heavy atom. The van der Waals surface area contributed by atoms with Gasteiger partial charge in [0.2, 0.25) is 0 Å². The summed E-state index contributed by atoms with van der Waals surface area (Å²) < 4.78 is 0. The van der Waals surface area contributed by atoms with Crippen LogP contribution >= 0.6 is 0 Å². The predicted molar refractivity (Wildman–Crippen MR) is 47.8 cm³/mol. The van der Waals surface area contributed by atoms with Crippen molar-refractivity contribution in [1.82, 2.24) is 0 Å². The van der Waals surface area contributed by atoms with Crippen LogP contribution in [0.5, 0.6) is 0 Å². The minimum absolute atomic E-state index is 0.119. The van der Waals surface area contributed by atoms with Crippen LogP contribution in [0.3, 0.4) is 0 Å². The fourth-order valence-electron chi connectivity index (χ4n) is 0.634. The van der Waals surface area contributed by atoms with Crippen molar-refractivity contribution in [3.8, 4) is 0 Å². The van der Waals surface area contributed by atoms with Crippen LogP contribution < -0.4 is 0 Å². The van der Waals surface area contributed by atoms with Gasteiger partial charge in [-0.1, -0.05) is 13.3 Å². The summed E-state index contributed by atoms with van der Waals surface area (Å²) in [6.07, 6.45) is 5.70. The van der Waals surface area contributed by atoms with Gasteiger partial charge in [0.1, 0.15) is 0 Å². The lowest BCUT2D eigenvalue weighted by molar-refractivity contribution is 0.584. The van der Waals surface area contributed by atoms with Gasteiger partial charge in [-0.15, -0.1) is 0 Å². The number of hydrogen-bond acceptors (Lipinski definition) is 1. The second-order valence-electron chi connectivity index (χ2n) is 3.62. The van der Waals surface area contributed by atoms with Gasteiger partial charge in [-0.25, -0.2) is 0 Å². The van der Waals surface area contributed by atoms with Crippen LogP contribution in [0.25, 0.3) is 0 Å². The van der Waals surface area contributed by atoms with E-state index in [9.17, 15) is 0 Å². The van der Waals surface area contributed by atoms with Crippen molar-refractivity contribution >= 4 is 6.21 Å². The number of nitrogens with zero attached hydrogens (tertiary/aromatic N) is 1. The van der Waals surface area contributed by atoms with Gasteiger partial charge in [-0.05, 0) is 39.8 Å². The highest BCUT2D eigenvalue weighted by Crippen LogP contribution is 2.05. The molecular formula is C9H19N. The molecule has 0 N–H and O–H groups in total. The molecule has 0 radical (unpaired) electrons. The first kappa shape index (κ1) is 9.67. The lowest BCUT2D eigenvalue weighted by Gasteiger charge is -2.10. The number of unbranched alkanes of at least 4 members (excludes halogenated alkanes) is 2. The van der Waals surface area contributed by atoms with Crippen LogP contribution in [0, 0.1) is 0 Å². The van der Waals surface area contributed by atoms with Gasteiger partial charge >= 0.3 is 0 Å². The third kappa shape index (κ3) is 7.67. The zero-order valence-corrected chi connectivity index (χ0v) is 7.65. The standard InChI is InChI=1S/C9H19N/c1-5-6-7-8-10-9(2,3)4/h8H,5-7H2,1-4H3. The van der Waals surface area contributed by atoms with E-state index in [1.54, 1.807) is 0 Å². The van der Waals surface area contributed by atoms with E-state index in [0.717, 1.165) is 6.42 Å². The summed E-state index contributed by atoms with van der Waals surface area (Å²) in [7, 11) is 0. The highest BCUT2D eigenvalue weighted by atomic mass is 14.8. The van der Waals surface area contributed by atoms with E-state index in [1.807, 2.05) is 6.21 Å². The predicted octanol–water partition coefficient (Wildman–Crippen LogP) is 3.05. The molecule has 0 aliphatic carbocycles. The molecule has 0 fully saturated rings. The molecule has 1 nitrogen and oxygen atoms in total. The first-order valence-corrected chi connectivity index (χ1v) is 4.10. The third-order valence-corrected chi connectivity index (χ3v) is 1.17.